The second kappa shape index (κ2) is 7.75. The Hall–Kier alpha value is -2.67. The molecular weight excluding hydrogens is 374 g/mol. The van der Waals surface area contributed by atoms with Gasteiger partial charge in [-0.15, -0.1) is 11.3 Å². The van der Waals surface area contributed by atoms with Gasteiger partial charge in [0.05, 0.1) is 5.39 Å². The molecule has 0 spiro atoms. The molecular formula is C21H23N3O3S. The number of hydrogen-bond donors (Lipinski definition) is 1. The highest BCUT2D eigenvalue weighted by Crippen LogP contribution is 2.34. The molecule has 0 fully saturated rings. The van der Waals surface area contributed by atoms with Crippen molar-refractivity contribution in [2.24, 2.45) is 0 Å². The molecule has 3 aromatic rings. The van der Waals surface area contributed by atoms with Crippen LogP contribution in [0, 0.1) is 0 Å². The average molecular weight is 398 g/mol. The number of nitrogens with zero attached hydrogens (tertiary/aromatic N) is 2. The van der Waals surface area contributed by atoms with Crippen molar-refractivity contribution >= 4 is 27.5 Å². The zero-order chi connectivity index (χ0) is 19.7. The van der Waals surface area contributed by atoms with Crippen LogP contribution in [0.3, 0.4) is 0 Å². The minimum atomic E-state index is -0.409. The number of aryl methyl sites for hydroxylation is 3. The van der Waals surface area contributed by atoms with Gasteiger partial charge in [-0.3, -0.25) is 18.7 Å². The summed E-state index contributed by atoms with van der Waals surface area (Å²) in [7, 11) is 0. The third-order valence-electron chi connectivity index (χ3n) is 5.27. The van der Waals surface area contributed by atoms with Gasteiger partial charge >= 0.3 is 5.69 Å². The Kier molecular flexibility index (Phi) is 5.17. The first-order chi connectivity index (χ1) is 13.6. The molecule has 4 rings (SSSR count). The van der Waals surface area contributed by atoms with Crippen LogP contribution in [-0.4, -0.2) is 15.0 Å². The molecule has 0 saturated carbocycles. The van der Waals surface area contributed by atoms with E-state index >= 15 is 0 Å². The number of carbonyl (C=O) groups is 1. The molecule has 0 unspecified atom stereocenters. The number of thiophene rings is 1. The van der Waals surface area contributed by atoms with Crippen LogP contribution in [0.15, 0.2) is 39.9 Å². The summed E-state index contributed by atoms with van der Waals surface area (Å²) in [6.07, 6.45) is 4.00. The summed E-state index contributed by atoms with van der Waals surface area (Å²) in [5.41, 5.74) is 1.31. The van der Waals surface area contributed by atoms with Gasteiger partial charge in [0.1, 0.15) is 11.4 Å². The SMILES string of the molecule is CCn1c(=O)n(CC(=O)NCc2ccccc2)c(=O)c2c3c(sc21)CCCC3. The number of carbonyl (C=O) groups excluding carboxylic acids is 1. The highest BCUT2D eigenvalue weighted by molar-refractivity contribution is 7.18. The highest BCUT2D eigenvalue weighted by Gasteiger charge is 2.23. The molecule has 1 amide bonds. The zero-order valence-electron chi connectivity index (χ0n) is 15.9. The summed E-state index contributed by atoms with van der Waals surface area (Å²) >= 11 is 1.56. The molecule has 1 aliphatic carbocycles. The van der Waals surface area contributed by atoms with E-state index in [2.05, 4.69) is 5.32 Å². The van der Waals surface area contributed by atoms with E-state index in [4.69, 9.17) is 0 Å². The van der Waals surface area contributed by atoms with E-state index in [9.17, 15) is 14.4 Å². The smallest absolute Gasteiger partial charge is 0.332 e. The summed E-state index contributed by atoms with van der Waals surface area (Å²) in [6, 6.07) is 9.55. The van der Waals surface area contributed by atoms with Gasteiger partial charge in [-0.25, -0.2) is 4.79 Å². The molecule has 28 heavy (non-hydrogen) atoms. The van der Waals surface area contributed by atoms with Crippen LogP contribution >= 0.6 is 11.3 Å². The van der Waals surface area contributed by atoms with E-state index in [1.165, 1.54) is 4.88 Å². The predicted octanol–water partition coefficient (Wildman–Crippen LogP) is 2.44. The van der Waals surface area contributed by atoms with Crippen LogP contribution in [0.4, 0.5) is 0 Å². The predicted molar refractivity (Wildman–Crippen MR) is 111 cm³/mol. The number of hydrogen-bond acceptors (Lipinski definition) is 4. The molecule has 0 saturated heterocycles. The molecule has 1 aromatic carbocycles. The van der Waals surface area contributed by atoms with Gasteiger partial charge in [-0.05, 0) is 43.7 Å². The molecule has 2 aromatic heterocycles. The Morgan fingerprint density at radius 1 is 1.11 bits per heavy atom. The summed E-state index contributed by atoms with van der Waals surface area (Å²) < 4.78 is 2.72. The van der Waals surface area contributed by atoms with Gasteiger partial charge in [0.25, 0.3) is 5.56 Å². The Balaban J connectivity index is 1.69. The largest absolute Gasteiger partial charge is 0.350 e. The topological polar surface area (TPSA) is 73.1 Å². The van der Waals surface area contributed by atoms with E-state index in [0.717, 1.165) is 46.2 Å². The number of fused-ring (bicyclic) bond motifs is 3. The summed E-state index contributed by atoms with van der Waals surface area (Å²) in [5, 5.41) is 3.44. The summed E-state index contributed by atoms with van der Waals surface area (Å²) in [6.45, 7) is 2.47. The standard InChI is InChI=1S/C21H23N3O3S/c1-2-23-20-18(15-10-6-7-11-16(15)28-20)19(26)24(21(23)27)13-17(25)22-12-14-8-4-3-5-9-14/h3-5,8-9H,2,6-7,10-13H2,1H3,(H,22,25). The van der Waals surface area contributed by atoms with Crippen LogP contribution in [0.1, 0.15) is 35.8 Å². The first-order valence-electron chi connectivity index (χ1n) is 9.68. The summed E-state index contributed by atoms with van der Waals surface area (Å²) in [5.74, 6) is -0.339. The van der Waals surface area contributed by atoms with Crippen LogP contribution in [0.2, 0.25) is 0 Å². The van der Waals surface area contributed by atoms with Crippen LogP contribution < -0.4 is 16.6 Å². The van der Waals surface area contributed by atoms with Crippen molar-refractivity contribution in [3.63, 3.8) is 0 Å². The van der Waals surface area contributed by atoms with Crippen molar-refractivity contribution in [3.05, 3.63) is 67.2 Å². The van der Waals surface area contributed by atoms with Crippen molar-refractivity contribution in [3.8, 4) is 0 Å². The minimum Gasteiger partial charge on any atom is -0.350 e. The third kappa shape index (κ3) is 3.30. The van der Waals surface area contributed by atoms with Crippen molar-refractivity contribution in [2.75, 3.05) is 0 Å². The Bertz CT molecular complexity index is 1140. The number of benzene rings is 1. The first kappa shape index (κ1) is 18.7. The normalized spacial score (nSPS) is 13.5. The number of aromatic nitrogens is 2. The lowest BCUT2D eigenvalue weighted by Gasteiger charge is -2.12. The fourth-order valence-corrected chi connectivity index (χ4v) is 5.27. The van der Waals surface area contributed by atoms with E-state index in [0.29, 0.717) is 18.5 Å². The molecule has 0 atom stereocenters. The molecule has 6 nitrogen and oxygen atoms in total. The Morgan fingerprint density at radius 2 is 1.86 bits per heavy atom. The molecule has 0 bridgehead atoms. The molecule has 1 aliphatic rings. The van der Waals surface area contributed by atoms with Crippen molar-refractivity contribution in [1.29, 1.82) is 0 Å². The van der Waals surface area contributed by atoms with E-state index in [1.807, 2.05) is 37.3 Å². The molecule has 2 heterocycles. The van der Waals surface area contributed by atoms with E-state index < -0.39 is 5.69 Å². The van der Waals surface area contributed by atoms with Gasteiger partial charge in [0, 0.05) is 18.0 Å². The van der Waals surface area contributed by atoms with Crippen LogP contribution in [-0.2, 0) is 37.3 Å². The fraction of sp³-hybridized carbons (Fsp3) is 0.381. The fourth-order valence-electron chi connectivity index (χ4n) is 3.83. The summed E-state index contributed by atoms with van der Waals surface area (Å²) in [4.78, 5) is 40.5. The molecule has 7 heteroatoms. The monoisotopic (exact) mass is 397 g/mol. The van der Waals surface area contributed by atoms with Gasteiger partial charge in [0.15, 0.2) is 0 Å². The molecule has 0 radical (unpaired) electrons. The van der Waals surface area contributed by atoms with Gasteiger partial charge in [-0.2, -0.15) is 0 Å². The molecule has 0 aliphatic heterocycles. The van der Waals surface area contributed by atoms with E-state index in [-0.39, 0.29) is 18.0 Å². The van der Waals surface area contributed by atoms with Crippen molar-refractivity contribution in [1.82, 2.24) is 14.5 Å². The lowest BCUT2D eigenvalue weighted by atomic mass is 9.97. The van der Waals surface area contributed by atoms with Crippen LogP contribution in [0.5, 0.6) is 0 Å². The second-order valence-electron chi connectivity index (χ2n) is 7.07. The van der Waals surface area contributed by atoms with E-state index in [1.54, 1.807) is 15.9 Å². The quantitative estimate of drug-likeness (QED) is 0.719. The highest BCUT2D eigenvalue weighted by atomic mass is 32.1. The first-order valence-corrected chi connectivity index (χ1v) is 10.5. The lowest BCUT2D eigenvalue weighted by molar-refractivity contribution is -0.121. The lowest BCUT2D eigenvalue weighted by Crippen LogP contribution is -2.43. The average Bonchev–Trinajstić information content (AvgIpc) is 3.10. The Morgan fingerprint density at radius 3 is 2.61 bits per heavy atom. The minimum absolute atomic E-state index is 0.259. The van der Waals surface area contributed by atoms with Gasteiger partial charge in [-0.1, -0.05) is 30.3 Å². The number of rotatable bonds is 5. The third-order valence-corrected chi connectivity index (χ3v) is 6.58. The van der Waals surface area contributed by atoms with Crippen molar-refractivity contribution < 1.29 is 4.79 Å². The molecule has 1 N–H and O–H groups in total. The number of amides is 1. The maximum absolute atomic E-state index is 13.1. The maximum Gasteiger partial charge on any atom is 0.332 e. The van der Waals surface area contributed by atoms with Crippen LogP contribution in [0.25, 0.3) is 10.2 Å². The van der Waals surface area contributed by atoms with Gasteiger partial charge in [0.2, 0.25) is 5.91 Å². The maximum atomic E-state index is 13.1. The van der Waals surface area contributed by atoms with Gasteiger partial charge < -0.3 is 5.32 Å². The number of nitrogens with one attached hydrogen (secondary N) is 1. The van der Waals surface area contributed by atoms with Crippen molar-refractivity contribution in [2.45, 2.75) is 52.2 Å². The zero-order valence-corrected chi connectivity index (χ0v) is 16.7. The Labute approximate surface area is 166 Å². The second-order valence-corrected chi connectivity index (χ2v) is 8.16. The molecule has 146 valence electrons.